The van der Waals surface area contributed by atoms with Crippen LogP contribution in [0.25, 0.3) is 0 Å². The summed E-state index contributed by atoms with van der Waals surface area (Å²) in [5.74, 6) is -2.21. The van der Waals surface area contributed by atoms with Crippen LogP contribution in [0.5, 0.6) is 0 Å². The van der Waals surface area contributed by atoms with Gasteiger partial charge in [-0.3, -0.25) is 9.59 Å². The van der Waals surface area contributed by atoms with Crippen LogP contribution in [0.4, 0.5) is 0 Å². The standard InChI is InChI=1S/C19H19Cl2N3O2/c20-14-7-6-13(16(21)10-14)11-24-19(26)15(18(23)25)8-9-17(22)12-4-2-1-3-5-12/h1-7,10,15,22H,8-9,11H2,(H2,23,25)(H,24,26). The number of nitrogens with two attached hydrogens (primary N) is 1. The minimum absolute atomic E-state index is 0.161. The number of primary amides is 1. The fourth-order valence-electron chi connectivity index (χ4n) is 2.45. The van der Waals surface area contributed by atoms with Gasteiger partial charge in [0, 0.05) is 22.3 Å². The highest BCUT2D eigenvalue weighted by Crippen LogP contribution is 2.21. The summed E-state index contributed by atoms with van der Waals surface area (Å²) in [7, 11) is 0. The molecule has 0 fully saturated rings. The van der Waals surface area contributed by atoms with Gasteiger partial charge in [-0.2, -0.15) is 0 Å². The summed E-state index contributed by atoms with van der Waals surface area (Å²) in [6.07, 6.45) is 0.440. The van der Waals surface area contributed by atoms with E-state index in [0.717, 1.165) is 5.56 Å². The van der Waals surface area contributed by atoms with Crippen LogP contribution in [-0.4, -0.2) is 17.5 Å². The molecule has 0 heterocycles. The Morgan fingerprint density at radius 3 is 2.42 bits per heavy atom. The van der Waals surface area contributed by atoms with Crippen molar-refractivity contribution in [2.24, 2.45) is 11.7 Å². The van der Waals surface area contributed by atoms with E-state index in [2.05, 4.69) is 5.32 Å². The van der Waals surface area contributed by atoms with Crippen LogP contribution in [0, 0.1) is 11.3 Å². The molecule has 0 aliphatic heterocycles. The van der Waals surface area contributed by atoms with E-state index in [1.54, 1.807) is 18.2 Å². The summed E-state index contributed by atoms with van der Waals surface area (Å²) in [5, 5.41) is 11.7. The number of benzene rings is 2. The van der Waals surface area contributed by atoms with Crippen molar-refractivity contribution in [2.45, 2.75) is 19.4 Å². The predicted molar refractivity (Wildman–Crippen MR) is 103 cm³/mol. The second-order valence-electron chi connectivity index (χ2n) is 5.79. The van der Waals surface area contributed by atoms with Gasteiger partial charge in [-0.1, -0.05) is 59.6 Å². The topological polar surface area (TPSA) is 96.0 Å². The van der Waals surface area contributed by atoms with Crippen molar-refractivity contribution in [3.05, 3.63) is 69.7 Å². The average Bonchev–Trinajstić information content (AvgIpc) is 2.61. The smallest absolute Gasteiger partial charge is 0.232 e. The van der Waals surface area contributed by atoms with Crippen LogP contribution < -0.4 is 11.1 Å². The lowest BCUT2D eigenvalue weighted by Crippen LogP contribution is -2.38. The Labute approximate surface area is 162 Å². The summed E-state index contributed by atoms with van der Waals surface area (Å²) in [5.41, 5.74) is 7.16. The van der Waals surface area contributed by atoms with Crippen molar-refractivity contribution < 1.29 is 9.59 Å². The molecular formula is C19H19Cl2N3O2. The van der Waals surface area contributed by atoms with Crippen molar-refractivity contribution >= 4 is 40.7 Å². The number of hydrogen-bond donors (Lipinski definition) is 3. The molecule has 0 spiro atoms. The van der Waals surface area contributed by atoms with Gasteiger partial charge in [-0.25, -0.2) is 0 Å². The van der Waals surface area contributed by atoms with E-state index in [1.807, 2.05) is 30.3 Å². The van der Waals surface area contributed by atoms with Crippen LogP contribution in [-0.2, 0) is 16.1 Å². The maximum absolute atomic E-state index is 12.3. The van der Waals surface area contributed by atoms with Gasteiger partial charge in [0.15, 0.2) is 0 Å². The van der Waals surface area contributed by atoms with Gasteiger partial charge in [0.05, 0.1) is 0 Å². The zero-order valence-corrected chi connectivity index (χ0v) is 15.5. The molecule has 2 amide bonds. The summed E-state index contributed by atoms with van der Waals surface area (Å²) >= 11 is 11.9. The van der Waals surface area contributed by atoms with Gasteiger partial charge in [0.2, 0.25) is 11.8 Å². The van der Waals surface area contributed by atoms with Crippen molar-refractivity contribution in [3.8, 4) is 0 Å². The van der Waals surface area contributed by atoms with Gasteiger partial charge in [0.25, 0.3) is 0 Å². The number of amides is 2. The Morgan fingerprint density at radius 1 is 1.12 bits per heavy atom. The zero-order valence-electron chi connectivity index (χ0n) is 14.0. The summed E-state index contributed by atoms with van der Waals surface area (Å²) in [6.45, 7) is 0.161. The first kappa shape index (κ1) is 19.9. The Morgan fingerprint density at radius 2 is 1.81 bits per heavy atom. The third-order valence-corrected chi connectivity index (χ3v) is 4.52. The van der Waals surface area contributed by atoms with Gasteiger partial charge in [0.1, 0.15) is 5.92 Å². The minimum atomic E-state index is -1.01. The van der Waals surface area contributed by atoms with Crippen LogP contribution in [0.1, 0.15) is 24.0 Å². The minimum Gasteiger partial charge on any atom is -0.369 e. The van der Waals surface area contributed by atoms with Gasteiger partial charge in [-0.15, -0.1) is 0 Å². The average molecular weight is 392 g/mol. The molecule has 0 bridgehead atoms. The molecule has 26 heavy (non-hydrogen) atoms. The number of halogens is 2. The van der Waals surface area contributed by atoms with Crippen LogP contribution in [0.15, 0.2) is 48.5 Å². The Hall–Kier alpha value is -2.37. The monoisotopic (exact) mass is 391 g/mol. The van der Waals surface area contributed by atoms with Crippen LogP contribution >= 0.6 is 23.2 Å². The first-order chi connectivity index (χ1) is 12.4. The number of carbonyl (C=O) groups is 2. The van der Waals surface area contributed by atoms with E-state index in [9.17, 15) is 9.59 Å². The molecule has 2 rings (SSSR count). The molecule has 2 aromatic carbocycles. The maximum Gasteiger partial charge on any atom is 0.232 e. The molecule has 0 saturated heterocycles. The van der Waals surface area contributed by atoms with E-state index in [4.69, 9.17) is 34.3 Å². The van der Waals surface area contributed by atoms with Crippen LogP contribution in [0.2, 0.25) is 10.0 Å². The van der Waals surface area contributed by atoms with E-state index >= 15 is 0 Å². The lowest BCUT2D eigenvalue weighted by atomic mass is 9.96. The van der Waals surface area contributed by atoms with Gasteiger partial charge >= 0.3 is 0 Å². The largest absolute Gasteiger partial charge is 0.369 e. The third kappa shape index (κ3) is 5.58. The molecule has 136 valence electrons. The molecule has 7 heteroatoms. The Balaban J connectivity index is 1.94. The molecule has 1 atom stereocenters. The molecule has 0 saturated carbocycles. The summed E-state index contributed by atoms with van der Waals surface area (Å²) in [4.78, 5) is 24.0. The van der Waals surface area contributed by atoms with Crippen molar-refractivity contribution in [1.29, 1.82) is 5.41 Å². The number of nitrogens with one attached hydrogen (secondary N) is 2. The van der Waals surface area contributed by atoms with E-state index in [0.29, 0.717) is 21.3 Å². The Kier molecular flexibility index (Phi) is 7.18. The maximum atomic E-state index is 12.3. The van der Waals surface area contributed by atoms with E-state index in [1.165, 1.54) is 0 Å². The SMILES string of the molecule is N=C(CCC(C(N)=O)C(=O)NCc1ccc(Cl)cc1Cl)c1ccccc1. The normalized spacial score (nSPS) is 11.6. The first-order valence-corrected chi connectivity index (χ1v) is 8.78. The summed E-state index contributed by atoms with van der Waals surface area (Å²) in [6, 6.07) is 14.1. The van der Waals surface area contributed by atoms with Crippen molar-refractivity contribution in [1.82, 2.24) is 5.32 Å². The molecular weight excluding hydrogens is 373 g/mol. The number of hydrogen-bond acceptors (Lipinski definition) is 3. The zero-order chi connectivity index (χ0) is 19.1. The van der Waals surface area contributed by atoms with Gasteiger partial charge in [-0.05, 0) is 36.1 Å². The fourth-order valence-corrected chi connectivity index (χ4v) is 2.92. The van der Waals surface area contributed by atoms with Crippen molar-refractivity contribution in [2.75, 3.05) is 0 Å². The lowest BCUT2D eigenvalue weighted by molar-refractivity contribution is -0.133. The molecule has 0 aromatic heterocycles. The fraction of sp³-hybridized carbons (Fsp3) is 0.211. The molecule has 5 nitrogen and oxygen atoms in total. The molecule has 0 radical (unpaired) electrons. The lowest BCUT2D eigenvalue weighted by Gasteiger charge is -2.14. The molecule has 0 aliphatic carbocycles. The molecule has 2 aromatic rings. The quantitative estimate of drug-likeness (QED) is 0.473. The first-order valence-electron chi connectivity index (χ1n) is 8.02. The number of carbonyl (C=O) groups excluding carboxylic acids is 2. The molecule has 4 N–H and O–H groups in total. The highest BCUT2D eigenvalue weighted by molar-refractivity contribution is 6.35. The van der Waals surface area contributed by atoms with E-state index < -0.39 is 17.7 Å². The van der Waals surface area contributed by atoms with E-state index in [-0.39, 0.29) is 19.4 Å². The molecule has 0 aliphatic rings. The highest BCUT2D eigenvalue weighted by atomic mass is 35.5. The second kappa shape index (κ2) is 9.36. The second-order valence-corrected chi connectivity index (χ2v) is 6.64. The highest BCUT2D eigenvalue weighted by Gasteiger charge is 2.24. The molecule has 1 unspecified atom stereocenters. The van der Waals surface area contributed by atoms with Gasteiger partial charge < -0.3 is 16.5 Å². The number of rotatable bonds is 8. The van der Waals surface area contributed by atoms with Crippen LogP contribution in [0.3, 0.4) is 0 Å². The third-order valence-electron chi connectivity index (χ3n) is 3.93. The summed E-state index contributed by atoms with van der Waals surface area (Å²) < 4.78 is 0. The predicted octanol–water partition coefficient (Wildman–Crippen LogP) is 3.56. The Bertz CT molecular complexity index is 810. The van der Waals surface area contributed by atoms with Crippen molar-refractivity contribution in [3.63, 3.8) is 0 Å².